The van der Waals surface area contributed by atoms with Gasteiger partial charge in [0.25, 0.3) is 5.79 Å². The molecule has 0 unspecified atom stereocenters. The Morgan fingerprint density at radius 3 is 1.64 bits per heavy atom. The minimum Gasteiger partial charge on any atom is -0.477 e. The van der Waals surface area contributed by atoms with Crippen molar-refractivity contribution in [3.63, 3.8) is 0 Å². The van der Waals surface area contributed by atoms with Gasteiger partial charge >= 0.3 is 5.97 Å². The molecule has 0 aliphatic carbocycles. The average Bonchev–Trinajstić information content (AvgIpc) is 2.75. The van der Waals surface area contributed by atoms with Crippen LogP contribution in [-0.2, 0) is 25.5 Å². The number of carboxylic acid groups (broad SMARTS) is 1. The second-order valence-electron chi connectivity index (χ2n) is 6.82. The standard InChI is InChI=1S/C23H19ClO4/c24-20-13-11-19(12-14-20)23(21(25)26)27-15-22(16-28-23,17-7-3-1-4-8-17)18-9-5-2-6-10-18/h1-14H,15-16H2,(H,25,26). The molecule has 1 aliphatic heterocycles. The van der Waals surface area contributed by atoms with E-state index in [1.807, 2.05) is 60.7 Å². The summed E-state index contributed by atoms with van der Waals surface area (Å²) >= 11 is 5.95. The van der Waals surface area contributed by atoms with E-state index in [9.17, 15) is 9.90 Å². The lowest BCUT2D eigenvalue weighted by Gasteiger charge is -2.45. The van der Waals surface area contributed by atoms with Crippen LogP contribution in [-0.4, -0.2) is 24.3 Å². The lowest BCUT2D eigenvalue weighted by molar-refractivity contribution is -0.287. The predicted octanol–water partition coefficient (Wildman–Crippen LogP) is 4.61. The van der Waals surface area contributed by atoms with E-state index >= 15 is 0 Å². The van der Waals surface area contributed by atoms with Gasteiger partial charge in [-0.3, -0.25) is 0 Å². The number of aliphatic carboxylic acids is 1. The molecule has 1 fully saturated rings. The van der Waals surface area contributed by atoms with Crippen molar-refractivity contribution in [2.75, 3.05) is 13.2 Å². The number of hydrogen-bond donors (Lipinski definition) is 1. The van der Waals surface area contributed by atoms with Crippen LogP contribution in [0.5, 0.6) is 0 Å². The summed E-state index contributed by atoms with van der Waals surface area (Å²) in [5.74, 6) is -3.05. The van der Waals surface area contributed by atoms with Crippen LogP contribution in [0.2, 0.25) is 5.02 Å². The minimum absolute atomic E-state index is 0.163. The van der Waals surface area contributed by atoms with Crippen molar-refractivity contribution in [3.8, 4) is 0 Å². The molecule has 4 nitrogen and oxygen atoms in total. The van der Waals surface area contributed by atoms with Crippen molar-refractivity contribution < 1.29 is 19.4 Å². The summed E-state index contributed by atoms with van der Waals surface area (Å²) < 4.78 is 12.0. The van der Waals surface area contributed by atoms with E-state index in [0.29, 0.717) is 10.6 Å². The second kappa shape index (κ2) is 7.40. The van der Waals surface area contributed by atoms with Crippen LogP contribution < -0.4 is 0 Å². The first-order chi connectivity index (χ1) is 13.6. The Kier molecular flexibility index (Phi) is 4.94. The highest BCUT2D eigenvalue weighted by molar-refractivity contribution is 6.30. The van der Waals surface area contributed by atoms with Gasteiger partial charge in [0.15, 0.2) is 0 Å². The number of halogens is 1. The molecule has 3 aromatic carbocycles. The molecule has 5 heteroatoms. The molecule has 28 heavy (non-hydrogen) atoms. The van der Waals surface area contributed by atoms with Crippen molar-refractivity contribution in [2.24, 2.45) is 0 Å². The van der Waals surface area contributed by atoms with E-state index in [1.165, 1.54) is 0 Å². The fourth-order valence-electron chi connectivity index (χ4n) is 3.63. The summed E-state index contributed by atoms with van der Waals surface area (Å²) in [5.41, 5.74) is 1.82. The molecule has 0 radical (unpaired) electrons. The molecule has 1 saturated heterocycles. The number of carbonyl (C=O) groups is 1. The number of hydrogen-bond acceptors (Lipinski definition) is 3. The van der Waals surface area contributed by atoms with Crippen LogP contribution in [0, 0.1) is 0 Å². The summed E-state index contributed by atoms with van der Waals surface area (Å²) in [5, 5.41) is 10.5. The maximum Gasteiger partial charge on any atom is 0.369 e. The molecule has 142 valence electrons. The maximum absolute atomic E-state index is 12.2. The molecule has 0 atom stereocenters. The molecule has 0 amide bonds. The third-order valence-electron chi connectivity index (χ3n) is 5.20. The third kappa shape index (κ3) is 3.10. The van der Waals surface area contributed by atoms with Crippen molar-refractivity contribution in [3.05, 3.63) is 107 Å². The largest absolute Gasteiger partial charge is 0.477 e. The number of benzene rings is 3. The molecule has 0 aromatic heterocycles. The first-order valence-electron chi connectivity index (χ1n) is 8.95. The number of carboxylic acids is 1. The Hall–Kier alpha value is -2.66. The smallest absolute Gasteiger partial charge is 0.369 e. The van der Waals surface area contributed by atoms with Gasteiger partial charge in [0, 0.05) is 10.6 Å². The summed E-state index contributed by atoms with van der Waals surface area (Å²) in [6, 6.07) is 26.3. The quantitative estimate of drug-likeness (QED) is 0.702. The van der Waals surface area contributed by atoms with Crippen LogP contribution in [0.3, 0.4) is 0 Å². The molecule has 0 saturated carbocycles. The Labute approximate surface area is 168 Å². The Morgan fingerprint density at radius 2 is 1.21 bits per heavy atom. The maximum atomic E-state index is 12.2. The number of rotatable bonds is 4. The lowest BCUT2D eigenvalue weighted by atomic mass is 9.75. The topological polar surface area (TPSA) is 55.8 Å². The monoisotopic (exact) mass is 394 g/mol. The van der Waals surface area contributed by atoms with Gasteiger partial charge in [0.1, 0.15) is 0 Å². The highest BCUT2D eigenvalue weighted by Gasteiger charge is 2.52. The first kappa shape index (κ1) is 18.7. The molecular formula is C23H19ClO4. The number of ether oxygens (including phenoxy) is 2. The fourth-order valence-corrected chi connectivity index (χ4v) is 3.76. The molecule has 1 aliphatic rings. The van der Waals surface area contributed by atoms with Crippen molar-refractivity contribution in [1.82, 2.24) is 0 Å². The van der Waals surface area contributed by atoms with Gasteiger partial charge in [-0.25, -0.2) is 4.79 Å². The molecule has 1 N–H and O–H groups in total. The predicted molar refractivity (Wildman–Crippen MR) is 106 cm³/mol. The first-order valence-corrected chi connectivity index (χ1v) is 9.33. The van der Waals surface area contributed by atoms with Gasteiger partial charge in [-0.15, -0.1) is 0 Å². The van der Waals surface area contributed by atoms with Gasteiger partial charge in [-0.05, 0) is 23.3 Å². The molecule has 0 spiro atoms. The van der Waals surface area contributed by atoms with Gasteiger partial charge in [-0.1, -0.05) is 84.4 Å². The van der Waals surface area contributed by atoms with Crippen LogP contribution in [0.25, 0.3) is 0 Å². The second-order valence-corrected chi connectivity index (χ2v) is 7.26. The molecule has 3 aromatic rings. The minimum atomic E-state index is -1.86. The Morgan fingerprint density at radius 1 is 0.750 bits per heavy atom. The Balaban J connectivity index is 1.76. The van der Waals surface area contributed by atoms with Gasteiger partial charge < -0.3 is 14.6 Å². The van der Waals surface area contributed by atoms with Crippen molar-refractivity contribution in [2.45, 2.75) is 11.2 Å². The normalized spacial score (nSPS) is 17.8. The van der Waals surface area contributed by atoms with E-state index < -0.39 is 17.2 Å². The van der Waals surface area contributed by atoms with Crippen molar-refractivity contribution in [1.29, 1.82) is 0 Å². The zero-order valence-corrected chi connectivity index (χ0v) is 15.8. The SMILES string of the molecule is O=C(O)C1(c2ccc(Cl)cc2)OCC(c2ccccc2)(c2ccccc2)CO1. The van der Waals surface area contributed by atoms with Crippen molar-refractivity contribution >= 4 is 17.6 Å². The van der Waals surface area contributed by atoms with Crippen LogP contribution in [0.4, 0.5) is 0 Å². The van der Waals surface area contributed by atoms with Gasteiger partial charge in [-0.2, -0.15) is 0 Å². The summed E-state index contributed by atoms with van der Waals surface area (Å²) in [7, 11) is 0. The van der Waals surface area contributed by atoms with E-state index in [-0.39, 0.29) is 13.2 Å². The highest BCUT2D eigenvalue weighted by Crippen LogP contribution is 2.42. The van der Waals surface area contributed by atoms with E-state index in [1.54, 1.807) is 24.3 Å². The van der Waals surface area contributed by atoms with E-state index in [0.717, 1.165) is 11.1 Å². The highest BCUT2D eigenvalue weighted by atomic mass is 35.5. The van der Waals surface area contributed by atoms with Gasteiger partial charge in [0.05, 0.1) is 18.6 Å². The summed E-state index contributed by atoms with van der Waals surface area (Å²) in [6.45, 7) is 0.325. The zero-order valence-electron chi connectivity index (χ0n) is 15.0. The molecule has 4 rings (SSSR count). The Bertz CT molecular complexity index is 905. The van der Waals surface area contributed by atoms with Gasteiger partial charge in [0.2, 0.25) is 0 Å². The molecule has 0 bridgehead atoms. The van der Waals surface area contributed by atoms with E-state index in [2.05, 4.69) is 0 Å². The lowest BCUT2D eigenvalue weighted by Crippen LogP contribution is -2.54. The molecular weight excluding hydrogens is 376 g/mol. The van der Waals surface area contributed by atoms with Crippen LogP contribution in [0.1, 0.15) is 16.7 Å². The van der Waals surface area contributed by atoms with Crippen LogP contribution in [0.15, 0.2) is 84.9 Å². The van der Waals surface area contributed by atoms with E-state index in [4.69, 9.17) is 21.1 Å². The van der Waals surface area contributed by atoms with Crippen LogP contribution >= 0.6 is 11.6 Å². The molecule has 1 heterocycles. The third-order valence-corrected chi connectivity index (χ3v) is 5.45. The summed E-state index contributed by atoms with van der Waals surface area (Å²) in [4.78, 5) is 12.2. The fraction of sp³-hybridized carbons (Fsp3) is 0.174. The average molecular weight is 395 g/mol. The summed E-state index contributed by atoms with van der Waals surface area (Å²) in [6.07, 6.45) is 0. The zero-order chi connectivity index (χ0) is 19.6.